The lowest BCUT2D eigenvalue weighted by atomic mass is 10.0. The topological polar surface area (TPSA) is 55.7 Å². The van der Waals surface area contributed by atoms with Crippen LogP contribution in [0.4, 0.5) is 0 Å². The van der Waals surface area contributed by atoms with E-state index in [1.807, 2.05) is 80.6 Å². The van der Waals surface area contributed by atoms with E-state index < -0.39 is 0 Å². The number of thioether (sulfide) groups is 1. The van der Waals surface area contributed by atoms with Gasteiger partial charge in [0.15, 0.2) is 5.78 Å². The number of rotatable bonds is 6. The molecule has 0 radical (unpaired) electrons. The van der Waals surface area contributed by atoms with E-state index in [0.29, 0.717) is 5.16 Å². The first-order valence-corrected chi connectivity index (χ1v) is 11.0. The molecule has 0 bridgehead atoms. The Morgan fingerprint density at radius 3 is 2.10 bits per heavy atom. The van der Waals surface area contributed by atoms with Gasteiger partial charge in [0.2, 0.25) is 5.16 Å². The molecule has 0 unspecified atom stereocenters. The molecule has 2 aromatic heterocycles. The second-order valence-electron chi connectivity index (χ2n) is 6.56. The van der Waals surface area contributed by atoms with Crippen LogP contribution < -0.4 is 0 Å². The Kier molecular flexibility index (Phi) is 5.83. The van der Waals surface area contributed by atoms with Gasteiger partial charge in [-0.1, -0.05) is 72.4 Å². The number of ketones is 1. The Hall–Kier alpha value is -2.83. The number of hydrogen-bond donors (Lipinski definition) is 0. The lowest BCUT2D eigenvalue weighted by Gasteiger charge is -2.09. The molecule has 2 aromatic carbocycles. The minimum Gasteiger partial charge on any atom is -0.293 e. The summed E-state index contributed by atoms with van der Waals surface area (Å²) in [5, 5.41) is 9.24. The molecule has 0 aliphatic heterocycles. The van der Waals surface area contributed by atoms with E-state index in [4.69, 9.17) is 4.98 Å². The predicted molar refractivity (Wildman–Crippen MR) is 120 cm³/mol. The highest BCUT2D eigenvalue weighted by molar-refractivity contribution is 7.99. The van der Waals surface area contributed by atoms with Crippen molar-refractivity contribution in [3.8, 4) is 22.5 Å². The van der Waals surface area contributed by atoms with Gasteiger partial charge in [-0.3, -0.25) is 4.79 Å². The smallest absolute Gasteiger partial charge is 0.210 e. The van der Waals surface area contributed by atoms with Gasteiger partial charge >= 0.3 is 0 Å². The predicted octanol–water partition coefficient (Wildman–Crippen LogP) is 5.86. The van der Waals surface area contributed by atoms with Crippen LogP contribution in [0.3, 0.4) is 0 Å². The number of benzene rings is 2. The maximum atomic E-state index is 12.6. The van der Waals surface area contributed by atoms with Crippen LogP contribution in [0.2, 0.25) is 0 Å². The SMILES string of the molecule is Cc1cc(C(=O)CSc2nnc(-c3ccccc3)c(-c3ccccc3)n2)c(C)s1. The summed E-state index contributed by atoms with van der Waals surface area (Å²) in [5.41, 5.74) is 4.22. The van der Waals surface area contributed by atoms with Crippen molar-refractivity contribution < 1.29 is 4.79 Å². The van der Waals surface area contributed by atoms with Gasteiger partial charge in [-0.05, 0) is 19.9 Å². The summed E-state index contributed by atoms with van der Waals surface area (Å²) in [6, 6.07) is 21.8. The van der Waals surface area contributed by atoms with Crippen molar-refractivity contribution in [1.82, 2.24) is 15.2 Å². The third-order valence-electron chi connectivity index (χ3n) is 4.44. The van der Waals surface area contributed by atoms with Gasteiger partial charge in [0.05, 0.1) is 5.75 Å². The number of carbonyl (C=O) groups is 1. The van der Waals surface area contributed by atoms with Gasteiger partial charge in [-0.25, -0.2) is 4.98 Å². The van der Waals surface area contributed by atoms with E-state index >= 15 is 0 Å². The average Bonchev–Trinajstić information content (AvgIpc) is 3.11. The first kappa shape index (κ1) is 19.5. The summed E-state index contributed by atoms with van der Waals surface area (Å²) < 4.78 is 0. The summed E-state index contributed by atoms with van der Waals surface area (Å²) >= 11 is 2.97. The van der Waals surface area contributed by atoms with E-state index in [9.17, 15) is 4.79 Å². The Bertz CT molecular complexity index is 1140. The molecule has 0 saturated heterocycles. The number of thiophene rings is 1. The standard InChI is InChI=1S/C23H19N3OS2/c1-15-13-19(16(2)29-15)20(27)14-28-23-24-21(17-9-5-3-6-10-17)22(25-26-23)18-11-7-4-8-12-18/h3-13H,14H2,1-2H3. The van der Waals surface area contributed by atoms with E-state index in [-0.39, 0.29) is 11.5 Å². The van der Waals surface area contributed by atoms with E-state index in [0.717, 1.165) is 37.8 Å². The average molecular weight is 418 g/mol. The van der Waals surface area contributed by atoms with E-state index in [1.165, 1.54) is 11.8 Å². The minimum absolute atomic E-state index is 0.0915. The van der Waals surface area contributed by atoms with Crippen molar-refractivity contribution in [3.63, 3.8) is 0 Å². The molecular formula is C23H19N3OS2. The third-order valence-corrected chi connectivity index (χ3v) is 6.24. The van der Waals surface area contributed by atoms with Crippen LogP contribution in [-0.4, -0.2) is 26.7 Å². The highest BCUT2D eigenvalue weighted by atomic mass is 32.2. The normalized spacial score (nSPS) is 10.8. The van der Waals surface area contributed by atoms with Gasteiger partial charge in [-0.2, -0.15) is 0 Å². The molecule has 0 amide bonds. The quantitative estimate of drug-likeness (QED) is 0.290. The molecule has 0 spiro atoms. The molecule has 0 fully saturated rings. The van der Waals surface area contributed by atoms with Crippen LogP contribution >= 0.6 is 23.1 Å². The molecule has 0 aliphatic rings. The fraction of sp³-hybridized carbons (Fsp3) is 0.130. The van der Waals surface area contributed by atoms with Crippen LogP contribution in [0, 0.1) is 13.8 Å². The lowest BCUT2D eigenvalue weighted by Crippen LogP contribution is -2.05. The highest BCUT2D eigenvalue weighted by Gasteiger charge is 2.16. The largest absolute Gasteiger partial charge is 0.293 e. The third kappa shape index (κ3) is 4.44. The van der Waals surface area contributed by atoms with Crippen LogP contribution in [0.5, 0.6) is 0 Å². The number of aromatic nitrogens is 3. The van der Waals surface area contributed by atoms with Crippen LogP contribution in [-0.2, 0) is 0 Å². The molecule has 144 valence electrons. The van der Waals surface area contributed by atoms with Gasteiger partial charge < -0.3 is 0 Å². The first-order valence-electron chi connectivity index (χ1n) is 9.20. The molecule has 0 atom stereocenters. The van der Waals surface area contributed by atoms with Gasteiger partial charge in [0.25, 0.3) is 0 Å². The molecule has 29 heavy (non-hydrogen) atoms. The molecule has 2 heterocycles. The van der Waals surface area contributed by atoms with Crippen molar-refractivity contribution in [1.29, 1.82) is 0 Å². The molecule has 4 nitrogen and oxygen atoms in total. The monoisotopic (exact) mass is 417 g/mol. The molecule has 0 saturated carbocycles. The number of carbonyl (C=O) groups excluding carboxylic acids is 1. The van der Waals surface area contributed by atoms with Crippen molar-refractivity contribution >= 4 is 28.9 Å². The second kappa shape index (κ2) is 8.68. The molecule has 0 aliphatic carbocycles. The fourth-order valence-electron chi connectivity index (χ4n) is 3.08. The van der Waals surface area contributed by atoms with Crippen LogP contribution in [0.1, 0.15) is 20.1 Å². The van der Waals surface area contributed by atoms with Crippen LogP contribution in [0.15, 0.2) is 71.9 Å². The lowest BCUT2D eigenvalue weighted by molar-refractivity contribution is 0.102. The molecule has 6 heteroatoms. The fourth-order valence-corrected chi connectivity index (χ4v) is 4.69. The second-order valence-corrected chi connectivity index (χ2v) is 8.97. The van der Waals surface area contributed by atoms with Crippen molar-refractivity contribution in [2.75, 3.05) is 5.75 Å². The van der Waals surface area contributed by atoms with Crippen LogP contribution in [0.25, 0.3) is 22.5 Å². The number of Topliss-reactive ketones (excluding diaryl/α,β-unsaturated/α-hetero) is 1. The maximum Gasteiger partial charge on any atom is 0.210 e. The summed E-state index contributed by atoms with van der Waals surface area (Å²) in [5.74, 6) is 0.381. The molecule has 4 aromatic rings. The number of aryl methyl sites for hydroxylation is 2. The highest BCUT2D eigenvalue weighted by Crippen LogP contribution is 2.30. The van der Waals surface area contributed by atoms with E-state index in [2.05, 4.69) is 10.2 Å². The summed E-state index contributed by atoms with van der Waals surface area (Å²) in [6.45, 7) is 4.00. The zero-order valence-electron chi connectivity index (χ0n) is 16.1. The summed E-state index contributed by atoms with van der Waals surface area (Å²) in [6.07, 6.45) is 0. The minimum atomic E-state index is 0.0915. The van der Waals surface area contributed by atoms with Gasteiger partial charge in [0, 0.05) is 26.4 Å². The molecular weight excluding hydrogens is 398 g/mol. The maximum absolute atomic E-state index is 12.6. The van der Waals surface area contributed by atoms with Gasteiger partial charge in [-0.15, -0.1) is 21.5 Å². The number of hydrogen-bond acceptors (Lipinski definition) is 6. The Morgan fingerprint density at radius 1 is 0.897 bits per heavy atom. The molecule has 0 N–H and O–H groups in total. The van der Waals surface area contributed by atoms with E-state index in [1.54, 1.807) is 11.3 Å². The van der Waals surface area contributed by atoms with Crippen molar-refractivity contribution in [2.45, 2.75) is 19.0 Å². The summed E-state index contributed by atoms with van der Waals surface area (Å²) in [7, 11) is 0. The zero-order chi connectivity index (χ0) is 20.2. The Morgan fingerprint density at radius 2 is 1.52 bits per heavy atom. The Balaban J connectivity index is 1.63. The number of nitrogens with zero attached hydrogens (tertiary/aromatic N) is 3. The molecule has 4 rings (SSSR count). The van der Waals surface area contributed by atoms with Crippen molar-refractivity contribution in [2.24, 2.45) is 0 Å². The van der Waals surface area contributed by atoms with Gasteiger partial charge in [0.1, 0.15) is 11.4 Å². The Labute approximate surface area is 178 Å². The summed E-state index contributed by atoms with van der Waals surface area (Å²) in [4.78, 5) is 19.6. The zero-order valence-corrected chi connectivity index (χ0v) is 17.8. The van der Waals surface area contributed by atoms with Crippen molar-refractivity contribution in [3.05, 3.63) is 82.0 Å². The first-order chi connectivity index (χ1) is 14.1.